The van der Waals surface area contributed by atoms with Crippen molar-refractivity contribution in [1.82, 2.24) is 20.1 Å². The molecule has 0 spiro atoms. The summed E-state index contributed by atoms with van der Waals surface area (Å²) in [6.45, 7) is 7.79. The Morgan fingerprint density at radius 3 is 2.95 bits per heavy atom. The molecule has 1 aliphatic rings. The SMILES string of the molecule is CC(C)(C)c1n[nH]c([C@H]2CN(C(=O)c3ccsc3)CCO2)n1. The van der Waals surface area contributed by atoms with Crippen molar-refractivity contribution >= 4 is 17.2 Å². The van der Waals surface area contributed by atoms with Gasteiger partial charge < -0.3 is 9.64 Å². The van der Waals surface area contributed by atoms with Gasteiger partial charge in [-0.15, -0.1) is 0 Å². The standard InChI is InChI=1S/C15H20N4O2S/c1-15(2,3)14-16-12(17-18-14)11-8-19(5-6-21-11)13(20)10-4-7-22-9-10/h4,7,9,11H,5-6,8H2,1-3H3,(H,16,17,18)/t11-/m1/s1. The molecule has 0 aromatic carbocycles. The highest BCUT2D eigenvalue weighted by molar-refractivity contribution is 7.08. The molecular formula is C15H20N4O2S. The van der Waals surface area contributed by atoms with Crippen LogP contribution in [0.3, 0.4) is 0 Å². The molecule has 3 heterocycles. The molecular weight excluding hydrogens is 300 g/mol. The molecule has 3 rings (SSSR count). The van der Waals surface area contributed by atoms with Gasteiger partial charge in [-0.3, -0.25) is 9.89 Å². The van der Waals surface area contributed by atoms with Crippen molar-refractivity contribution in [1.29, 1.82) is 0 Å². The van der Waals surface area contributed by atoms with Crippen LogP contribution in [0.15, 0.2) is 16.8 Å². The van der Waals surface area contributed by atoms with Gasteiger partial charge in [-0.25, -0.2) is 4.98 Å². The van der Waals surface area contributed by atoms with Crippen molar-refractivity contribution in [2.24, 2.45) is 0 Å². The first-order valence-electron chi connectivity index (χ1n) is 7.31. The number of nitrogens with one attached hydrogen (secondary N) is 1. The lowest BCUT2D eigenvalue weighted by molar-refractivity contribution is -0.0266. The second-order valence-corrected chi connectivity index (χ2v) is 7.20. The first-order chi connectivity index (χ1) is 10.4. The van der Waals surface area contributed by atoms with Crippen LogP contribution in [0, 0.1) is 0 Å². The zero-order chi connectivity index (χ0) is 15.7. The number of morpholine rings is 1. The first-order valence-corrected chi connectivity index (χ1v) is 8.25. The monoisotopic (exact) mass is 320 g/mol. The molecule has 1 fully saturated rings. The molecule has 1 amide bonds. The van der Waals surface area contributed by atoms with Gasteiger partial charge in [0, 0.05) is 17.3 Å². The molecule has 7 heteroatoms. The summed E-state index contributed by atoms with van der Waals surface area (Å²) in [5.74, 6) is 1.49. The lowest BCUT2D eigenvalue weighted by Gasteiger charge is -2.31. The predicted octanol–water partition coefficient (Wildman–Crippen LogP) is 2.38. The van der Waals surface area contributed by atoms with Crippen LogP contribution in [-0.2, 0) is 10.2 Å². The highest BCUT2D eigenvalue weighted by Crippen LogP contribution is 2.24. The number of H-pyrrole nitrogens is 1. The topological polar surface area (TPSA) is 71.1 Å². The Labute approximate surface area is 133 Å². The fourth-order valence-corrected chi connectivity index (χ4v) is 2.95. The number of thiophene rings is 1. The summed E-state index contributed by atoms with van der Waals surface area (Å²) in [4.78, 5) is 18.8. The highest BCUT2D eigenvalue weighted by Gasteiger charge is 2.29. The van der Waals surface area contributed by atoms with Gasteiger partial charge in [0.1, 0.15) is 6.10 Å². The largest absolute Gasteiger partial charge is 0.367 e. The average Bonchev–Trinajstić information content (AvgIpc) is 3.17. The Balaban J connectivity index is 1.73. The van der Waals surface area contributed by atoms with Crippen LogP contribution < -0.4 is 0 Å². The minimum absolute atomic E-state index is 0.0464. The molecule has 6 nitrogen and oxygen atoms in total. The van der Waals surface area contributed by atoms with E-state index in [4.69, 9.17) is 4.74 Å². The highest BCUT2D eigenvalue weighted by atomic mass is 32.1. The summed E-state index contributed by atoms with van der Waals surface area (Å²) >= 11 is 1.53. The number of hydrogen-bond acceptors (Lipinski definition) is 5. The summed E-state index contributed by atoms with van der Waals surface area (Å²) in [6.07, 6.45) is -0.250. The van der Waals surface area contributed by atoms with Gasteiger partial charge in [0.2, 0.25) is 0 Å². The van der Waals surface area contributed by atoms with E-state index in [9.17, 15) is 4.79 Å². The lowest BCUT2D eigenvalue weighted by Crippen LogP contribution is -2.42. The third kappa shape index (κ3) is 3.05. The van der Waals surface area contributed by atoms with Crippen LogP contribution in [0.25, 0.3) is 0 Å². The van der Waals surface area contributed by atoms with E-state index in [0.717, 1.165) is 11.4 Å². The van der Waals surface area contributed by atoms with Crippen molar-refractivity contribution in [2.75, 3.05) is 19.7 Å². The van der Waals surface area contributed by atoms with Gasteiger partial charge in [-0.1, -0.05) is 20.8 Å². The van der Waals surface area contributed by atoms with E-state index in [2.05, 4.69) is 36.0 Å². The van der Waals surface area contributed by atoms with Crippen LogP contribution in [0.1, 0.15) is 48.9 Å². The minimum atomic E-state index is -0.250. The zero-order valence-electron chi connectivity index (χ0n) is 13.0. The number of carbonyl (C=O) groups is 1. The maximum absolute atomic E-state index is 12.4. The Kier molecular flexibility index (Phi) is 4.01. The van der Waals surface area contributed by atoms with Crippen LogP contribution in [-0.4, -0.2) is 45.7 Å². The van der Waals surface area contributed by atoms with Crippen molar-refractivity contribution in [2.45, 2.75) is 32.3 Å². The van der Waals surface area contributed by atoms with E-state index >= 15 is 0 Å². The molecule has 0 unspecified atom stereocenters. The number of hydrogen-bond donors (Lipinski definition) is 1. The van der Waals surface area contributed by atoms with Crippen LogP contribution in [0.5, 0.6) is 0 Å². The predicted molar refractivity (Wildman–Crippen MR) is 84.0 cm³/mol. The lowest BCUT2D eigenvalue weighted by atomic mass is 9.96. The van der Waals surface area contributed by atoms with E-state index in [1.165, 1.54) is 11.3 Å². The van der Waals surface area contributed by atoms with Gasteiger partial charge >= 0.3 is 0 Å². The van der Waals surface area contributed by atoms with Crippen molar-refractivity contribution in [3.63, 3.8) is 0 Å². The number of nitrogens with zero attached hydrogens (tertiary/aromatic N) is 3. The Morgan fingerprint density at radius 2 is 2.32 bits per heavy atom. The van der Waals surface area contributed by atoms with Gasteiger partial charge in [-0.2, -0.15) is 16.4 Å². The Hall–Kier alpha value is -1.73. The van der Waals surface area contributed by atoms with E-state index in [0.29, 0.717) is 25.5 Å². The molecule has 2 aromatic heterocycles. The third-order valence-corrected chi connectivity index (χ3v) is 4.28. The molecule has 1 aliphatic heterocycles. The minimum Gasteiger partial charge on any atom is -0.367 e. The molecule has 2 aromatic rings. The van der Waals surface area contributed by atoms with E-state index in [1.54, 1.807) is 0 Å². The second-order valence-electron chi connectivity index (χ2n) is 6.42. The Bertz CT molecular complexity index is 645. The number of aromatic amines is 1. The molecule has 1 atom stereocenters. The summed E-state index contributed by atoms with van der Waals surface area (Å²) < 4.78 is 5.76. The van der Waals surface area contributed by atoms with Crippen molar-refractivity contribution in [3.05, 3.63) is 34.0 Å². The van der Waals surface area contributed by atoms with Crippen LogP contribution in [0.2, 0.25) is 0 Å². The third-order valence-electron chi connectivity index (χ3n) is 3.60. The van der Waals surface area contributed by atoms with Gasteiger partial charge in [-0.05, 0) is 11.4 Å². The van der Waals surface area contributed by atoms with E-state index in [1.807, 2.05) is 21.7 Å². The summed E-state index contributed by atoms with van der Waals surface area (Å²) in [7, 11) is 0. The maximum Gasteiger partial charge on any atom is 0.254 e. The summed E-state index contributed by atoms with van der Waals surface area (Å²) in [5.41, 5.74) is 0.619. The fraction of sp³-hybridized carbons (Fsp3) is 0.533. The van der Waals surface area contributed by atoms with Gasteiger partial charge in [0.05, 0.1) is 18.7 Å². The summed E-state index contributed by atoms with van der Waals surface area (Å²) in [5, 5.41) is 11.0. The van der Waals surface area contributed by atoms with Gasteiger partial charge in [0.15, 0.2) is 11.6 Å². The molecule has 0 bridgehead atoms. The number of ether oxygens (including phenoxy) is 1. The molecule has 0 aliphatic carbocycles. The molecule has 118 valence electrons. The number of aromatic nitrogens is 3. The zero-order valence-corrected chi connectivity index (χ0v) is 13.8. The quantitative estimate of drug-likeness (QED) is 0.922. The fourth-order valence-electron chi connectivity index (χ4n) is 2.32. The normalized spacial score (nSPS) is 19.4. The second kappa shape index (κ2) is 5.81. The molecule has 1 N–H and O–H groups in total. The number of carbonyl (C=O) groups excluding carboxylic acids is 1. The molecule has 1 saturated heterocycles. The maximum atomic E-state index is 12.4. The van der Waals surface area contributed by atoms with Crippen molar-refractivity contribution in [3.8, 4) is 0 Å². The smallest absolute Gasteiger partial charge is 0.254 e. The molecule has 22 heavy (non-hydrogen) atoms. The number of rotatable bonds is 2. The van der Waals surface area contributed by atoms with Crippen molar-refractivity contribution < 1.29 is 9.53 Å². The van der Waals surface area contributed by atoms with Crippen LogP contribution in [0.4, 0.5) is 0 Å². The first kappa shape index (κ1) is 15.2. The molecule has 0 saturated carbocycles. The van der Waals surface area contributed by atoms with Crippen LogP contribution >= 0.6 is 11.3 Å². The van der Waals surface area contributed by atoms with Gasteiger partial charge in [0.25, 0.3) is 5.91 Å². The van der Waals surface area contributed by atoms with E-state index < -0.39 is 0 Å². The summed E-state index contributed by atoms with van der Waals surface area (Å²) in [6, 6.07) is 1.85. The molecule has 0 radical (unpaired) electrons. The average molecular weight is 320 g/mol. The van der Waals surface area contributed by atoms with E-state index in [-0.39, 0.29) is 17.4 Å². The Morgan fingerprint density at radius 1 is 1.50 bits per heavy atom. The number of amides is 1.